The minimum atomic E-state index is -0.353. The highest BCUT2D eigenvalue weighted by molar-refractivity contribution is 5.91. The topological polar surface area (TPSA) is 93.0 Å². The Bertz CT molecular complexity index is 1020. The van der Waals surface area contributed by atoms with E-state index < -0.39 is 0 Å². The largest absolute Gasteiger partial charge is 0.347 e. The first-order chi connectivity index (χ1) is 14.1. The third-order valence-corrected chi connectivity index (χ3v) is 4.78. The Balaban J connectivity index is 1.27. The molecular weight excluding hydrogens is 375 g/mol. The quantitative estimate of drug-likeness (QED) is 0.682. The summed E-state index contributed by atoms with van der Waals surface area (Å²) in [5.41, 5.74) is 1.81. The molecule has 1 saturated heterocycles. The lowest BCUT2D eigenvalue weighted by Gasteiger charge is -2.38. The summed E-state index contributed by atoms with van der Waals surface area (Å²) in [6, 6.07) is 9.65. The summed E-state index contributed by atoms with van der Waals surface area (Å²) in [6.07, 6.45) is 5.07. The SMILES string of the molecule is O=C(NCc1ccncc1)c1cn(C2CN(C(=O)Cc3cccc(F)c3)C2)nn1. The molecule has 3 aromatic rings. The van der Waals surface area contributed by atoms with Crippen molar-refractivity contribution in [3.63, 3.8) is 0 Å². The van der Waals surface area contributed by atoms with Gasteiger partial charge in [0.2, 0.25) is 5.91 Å². The average Bonchev–Trinajstić information content (AvgIpc) is 3.15. The van der Waals surface area contributed by atoms with Gasteiger partial charge in [-0.2, -0.15) is 0 Å². The van der Waals surface area contributed by atoms with Gasteiger partial charge in [0, 0.05) is 32.0 Å². The molecule has 2 aromatic heterocycles. The molecule has 0 spiro atoms. The second-order valence-electron chi connectivity index (χ2n) is 6.88. The number of aromatic nitrogens is 4. The number of nitrogens with zero attached hydrogens (tertiary/aromatic N) is 5. The van der Waals surface area contributed by atoms with Crippen LogP contribution in [0.1, 0.15) is 27.7 Å². The van der Waals surface area contributed by atoms with Crippen molar-refractivity contribution in [3.05, 3.63) is 77.6 Å². The van der Waals surface area contributed by atoms with Gasteiger partial charge in [0.1, 0.15) is 5.82 Å². The van der Waals surface area contributed by atoms with Gasteiger partial charge >= 0.3 is 0 Å². The molecule has 148 valence electrons. The first-order valence-electron chi connectivity index (χ1n) is 9.19. The van der Waals surface area contributed by atoms with Crippen molar-refractivity contribution in [2.75, 3.05) is 13.1 Å². The summed E-state index contributed by atoms with van der Waals surface area (Å²) in [7, 11) is 0. The van der Waals surface area contributed by atoms with E-state index >= 15 is 0 Å². The molecule has 0 unspecified atom stereocenters. The number of amides is 2. The molecule has 3 heterocycles. The highest BCUT2D eigenvalue weighted by Gasteiger charge is 2.33. The van der Waals surface area contributed by atoms with Gasteiger partial charge in [-0.05, 0) is 35.4 Å². The summed E-state index contributed by atoms with van der Waals surface area (Å²) >= 11 is 0. The monoisotopic (exact) mass is 394 g/mol. The third-order valence-electron chi connectivity index (χ3n) is 4.78. The molecular formula is C20H19FN6O2. The van der Waals surface area contributed by atoms with Crippen molar-refractivity contribution in [1.29, 1.82) is 0 Å². The van der Waals surface area contributed by atoms with E-state index in [1.165, 1.54) is 12.1 Å². The van der Waals surface area contributed by atoms with Crippen LogP contribution in [0.3, 0.4) is 0 Å². The van der Waals surface area contributed by atoms with Crippen molar-refractivity contribution in [2.45, 2.75) is 19.0 Å². The second-order valence-corrected chi connectivity index (χ2v) is 6.88. The molecule has 4 rings (SSSR count). The lowest BCUT2D eigenvalue weighted by molar-refractivity contribution is -0.136. The average molecular weight is 394 g/mol. The number of likely N-dealkylation sites (tertiary alicyclic amines) is 1. The van der Waals surface area contributed by atoms with E-state index in [0.29, 0.717) is 25.2 Å². The Hall–Kier alpha value is -3.62. The van der Waals surface area contributed by atoms with Crippen LogP contribution in [0.4, 0.5) is 4.39 Å². The van der Waals surface area contributed by atoms with E-state index in [1.807, 2.05) is 12.1 Å². The second kappa shape index (κ2) is 8.17. The molecule has 0 bridgehead atoms. The van der Waals surface area contributed by atoms with E-state index in [2.05, 4.69) is 20.6 Å². The van der Waals surface area contributed by atoms with Gasteiger partial charge < -0.3 is 10.2 Å². The van der Waals surface area contributed by atoms with Crippen molar-refractivity contribution in [1.82, 2.24) is 30.2 Å². The molecule has 2 amide bonds. The minimum absolute atomic E-state index is 0.0271. The van der Waals surface area contributed by atoms with Crippen molar-refractivity contribution >= 4 is 11.8 Å². The molecule has 9 heteroatoms. The summed E-state index contributed by atoms with van der Waals surface area (Å²) in [5.74, 6) is -0.733. The maximum absolute atomic E-state index is 13.2. The van der Waals surface area contributed by atoms with Crippen LogP contribution in [0, 0.1) is 5.82 Å². The molecule has 0 atom stereocenters. The molecule has 0 aliphatic carbocycles. The van der Waals surface area contributed by atoms with Crippen LogP contribution in [-0.2, 0) is 17.8 Å². The first kappa shape index (κ1) is 18.7. The van der Waals surface area contributed by atoms with E-state index in [4.69, 9.17) is 0 Å². The Morgan fingerprint density at radius 2 is 1.93 bits per heavy atom. The highest BCUT2D eigenvalue weighted by Crippen LogP contribution is 2.21. The number of benzene rings is 1. The Labute approximate surface area is 166 Å². The zero-order valence-corrected chi connectivity index (χ0v) is 15.5. The van der Waals surface area contributed by atoms with Crippen molar-refractivity contribution < 1.29 is 14.0 Å². The predicted molar refractivity (Wildman–Crippen MR) is 101 cm³/mol. The molecule has 0 saturated carbocycles. The lowest BCUT2D eigenvalue weighted by atomic mass is 10.1. The zero-order valence-electron chi connectivity index (χ0n) is 15.5. The number of pyridine rings is 1. The number of nitrogens with one attached hydrogen (secondary N) is 1. The van der Waals surface area contributed by atoms with Crippen LogP contribution < -0.4 is 5.32 Å². The van der Waals surface area contributed by atoms with E-state index in [9.17, 15) is 14.0 Å². The number of carbonyl (C=O) groups excluding carboxylic acids is 2. The molecule has 29 heavy (non-hydrogen) atoms. The van der Waals surface area contributed by atoms with Gasteiger partial charge in [-0.1, -0.05) is 17.3 Å². The van der Waals surface area contributed by atoms with Gasteiger partial charge in [-0.25, -0.2) is 9.07 Å². The normalized spacial score (nSPS) is 13.8. The molecule has 1 aliphatic heterocycles. The summed E-state index contributed by atoms with van der Waals surface area (Å²) in [4.78, 5) is 30.1. The molecule has 1 aromatic carbocycles. The van der Waals surface area contributed by atoms with E-state index in [1.54, 1.807) is 40.3 Å². The number of halogens is 1. The van der Waals surface area contributed by atoms with E-state index in [0.717, 1.165) is 5.56 Å². The summed E-state index contributed by atoms with van der Waals surface area (Å²) in [5, 5.41) is 10.7. The van der Waals surface area contributed by atoms with Crippen LogP contribution in [-0.4, -0.2) is 49.8 Å². The van der Waals surface area contributed by atoms with Gasteiger partial charge in [0.25, 0.3) is 5.91 Å². The predicted octanol–water partition coefficient (Wildman–Crippen LogP) is 1.37. The van der Waals surface area contributed by atoms with Gasteiger partial charge in [-0.3, -0.25) is 14.6 Å². The molecule has 8 nitrogen and oxygen atoms in total. The maximum atomic E-state index is 13.2. The molecule has 1 N–H and O–H groups in total. The highest BCUT2D eigenvalue weighted by atomic mass is 19.1. The Morgan fingerprint density at radius 3 is 2.69 bits per heavy atom. The number of hydrogen-bond acceptors (Lipinski definition) is 5. The molecule has 1 aliphatic rings. The van der Waals surface area contributed by atoms with Crippen LogP contribution in [0.25, 0.3) is 0 Å². The number of carbonyl (C=O) groups is 2. The fourth-order valence-electron chi connectivity index (χ4n) is 3.09. The molecule has 1 fully saturated rings. The first-order valence-corrected chi connectivity index (χ1v) is 9.19. The summed E-state index contributed by atoms with van der Waals surface area (Å²) in [6.45, 7) is 1.34. The number of rotatable bonds is 6. The standard InChI is InChI=1S/C20H19FN6O2/c21-16-3-1-2-15(8-16)9-19(28)26-11-17(12-26)27-13-18(24-25-27)20(29)23-10-14-4-6-22-7-5-14/h1-8,13,17H,9-12H2,(H,23,29). The van der Waals surface area contributed by atoms with Crippen LogP contribution >= 0.6 is 0 Å². The Morgan fingerprint density at radius 1 is 1.14 bits per heavy atom. The minimum Gasteiger partial charge on any atom is -0.347 e. The van der Waals surface area contributed by atoms with E-state index in [-0.39, 0.29) is 35.8 Å². The summed E-state index contributed by atoms with van der Waals surface area (Å²) < 4.78 is 14.8. The Kier molecular flexibility index (Phi) is 5.28. The van der Waals surface area contributed by atoms with Crippen molar-refractivity contribution in [3.8, 4) is 0 Å². The smallest absolute Gasteiger partial charge is 0.273 e. The van der Waals surface area contributed by atoms with Crippen molar-refractivity contribution in [2.24, 2.45) is 0 Å². The van der Waals surface area contributed by atoms with Crippen LogP contribution in [0.15, 0.2) is 55.0 Å². The fourth-order valence-corrected chi connectivity index (χ4v) is 3.09. The van der Waals surface area contributed by atoms with Gasteiger partial charge in [0.05, 0.1) is 18.7 Å². The van der Waals surface area contributed by atoms with Crippen LogP contribution in [0.2, 0.25) is 0 Å². The molecule has 0 radical (unpaired) electrons. The lowest BCUT2D eigenvalue weighted by Crippen LogP contribution is -2.51. The maximum Gasteiger partial charge on any atom is 0.273 e. The number of hydrogen-bond donors (Lipinski definition) is 1. The van der Waals surface area contributed by atoms with Gasteiger partial charge in [0.15, 0.2) is 5.69 Å². The third kappa shape index (κ3) is 4.45. The fraction of sp³-hybridized carbons (Fsp3) is 0.250. The van der Waals surface area contributed by atoms with Gasteiger partial charge in [-0.15, -0.1) is 5.10 Å². The van der Waals surface area contributed by atoms with Crippen LogP contribution in [0.5, 0.6) is 0 Å². The zero-order chi connectivity index (χ0) is 20.2.